The summed E-state index contributed by atoms with van der Waals surface area (Å²) >= 11 is 1.86. The van der Waals surface area contributed by atoms with Crippen LogP contribution in [0, 0.1) is 0 Å². The van der Waals surface area contributed by atoms with E-state index < -0.39 is 0 Å². The maximum absolute atomic E-state index is 3.49. The van der Waals surface area contributed by atoms with Gasteiger partial charge in [-0.3, -0.25) is 0 Å². The van der Waals surface area contributed by atoms with Crippen LogP contribution in [0.5, 0.6) is 0 Å². The summed E-state index contributed by atoms with van der Waals surface area (Å²) in [6, 6.07) is 15.2. The second-order valence-corrected chi connectivity index (χ2v) is 5.39. The predicted molar refractivity (Wildman–Crippen MR) is 74.3 cm³/mol. The van der Waals surface area contributed by atoms with Crippen molar-refractivity contribution >= 4 is 23.1 Å². The highest BCUT2D eigenvalue weighted by Crippen LogP contribution is 2.44. The van der Waals surface area contributed by atoms with Gasteiger partial charge in [0.15, 0.2) is 0 Å². The van der Waals surface area contributed by atoms with Gasteiger partial charge in [0.05, 0.1) is 11.4 Å². The van der Waals surface area contributed by atoms with Crippen molar-refractivity contribution in [2.75, 3.05) is 5.32 Å². The SMILES string of the molecule is CCCc1ccc2c(c1)Sc1ccccc1N2. The topological polar surface area (TPSA) is 12.0 Å². The van der Waals surface area contributed by atoms with E-state index in [9.17, 15) is 0 Å². The number of anilines is 2. The van der Waals surface area contributed by atoms with Crippen LogP contribution < -0.4 is 5.32 Å². The van der Waals surface area contributed by atoms with Crippen LogP contribution >= 0.6 is 11.8 Å². The van der Waals surface area contributed by atoms with E-state index in [0.717, 1.165) is 6.42 Å². The molecule has 0 saturated carbocycles. The van der Waals surface area contributed by atoms with E-state index in [0.29, 0.717) is 0 Å². The molecular formula is C15H15NS. The molecule has 2 heteroatoms. The molecule has 0 saturated heterocycles. The zero-order valence-corrected chi connectivity index (χ0v) is 10.7. The molecule has 0 fully saturated rings. The van der Waals surface area contributed by atoms with E-state index in [1.54, 1.807) is 0 Å². The van der Waals surface area contributed by atoms with Crippen LogP contribution in [0.25, 0.3) is 0 Å². The molecular weight excluding hydrogens is 226 g/mol. The van der Waals surface area contributed by atoms with Crippen molar-refractivity contribution < 1.29 is 0 Å². The van der Waals surface area contributed by atoms with Crippen LogP contribution in [0.4, 0.5) is 11.4 Å². The van der Waals surface area contributed by atoms with E-state index in [4.69, 9.17) is 0 Å². The first-order chi connectivity index (χ1) is 8.36. The standard InChI is InChI=1S/C15H15NS/c1-2-5-11-8-9-13-15(10-11)17-14-7-4-3-6-12(14)16-13/h3-4,6-10,16H,2,5H2,1H3. The fourth-order valence-electron chi connectivity index (χ4n) is 2.12. The highest BCUT2D eigenvalue weighted by molar-refractivity contribution is 7.99. The third kappa shape index (κ3) is 2.05. The first-order valence-corrected chi connectivity index (χ1v) is 6.85. The molecule has 17 heavy (non-hydrogen) atoms. The number of nitrogens with one attached hydrogen (secondary N) is 1. The third-order valence-electron chi connectivity index (χ3n) is 2.96. The van der Waals surface area contributed by atoms with E-state index in [1.165, 1.54) is 33.2 Å². The molecule has 0 spiro atoms. The lowest BCUT2D eigenvalue weighted by atomic mass is 10.1. The summed E-state index contributed by atoms with van der Waals surface area (Å²) in [5.74, 6) is 0. The lowest BCUT2D eigenvalue weighted by Gasteiger charge is -2.21. The Hall–Kier alpha value is -1.41. The van der Waals surface area contributed by atoms with Crippen molar-refractivity contribution in [1.29, 1.82) is 0 Å². The van der Waals surface area contributed by atoms with Crippen molar-refractivity contribution in [3.05, 3.63) is 48.0 Å². The number of hydrogen-bond acceptors (Lipinski definition) is 2. The van der Waals surface area contributed by atoms with E-state index in [2.05, 4.69) is 54.7 Å². The van der Waals surface area contributed by atoms with Gasteiger partial charge in [0.2, 0.25) is 0 Å². The maximum Gasteiger partial charge on any atom is 0.0526 e. The monoisotopic (exact) mass is 241 g/mol. The number of aryl methyl sites for hydroxylation is 1. The molecule has 2 aromatic rings. The number of fused-ring (bicyclic) bond motifs is 2. The average Bonchev–Trinajstić information content (AvgIpc) is 2.36. The summed E-state index contributed by atoms with van der Waals surface area (Å²) in [5, 5.41) is 3.49. The zero-order chi connectivity index (χ0) is 11.7. The second-order valence-electron chi connectivity index (χ2n) is 4.30. The normalized spacial score (nSPS) is 12.5. The summed E-state index contributed by atoms with van der Waals surface area (Å²) in [6.07, 6.45) is 2.36. The van der Waals surface area contributed by atoms with Gasteiger partial charge in [-0.15, -0.1) is 0 Å². The Labute approximate surface area is 106 Å². The van der Waals surface area contributed by atoms with Gasteiger partial charge in [-0.2, -0.15) is 0 Å². The van der Waals surface area contributed by atoms with E-state index in [1.807, 2.05) is 11.8 Å². The molecule has 0 radical (unpaired) electrons. The van der Waals surface area contributed by atoms with Crippen LogP contribution in [0.2, 0.25) is 0 Å². The fraction of sp³-hybridized carbons (Fsp3) is 0.200. The largest absolute Gasteiger partial charge is 0.354 e. The van der Waals surface area contributed by atoms with Crippen molar-refractivity contribution in [3.8, 4) is 0 Å². The van der Waals surface area contributed by atoms with Gasteiger partial charge in [0.1, 0.15) is 0 Å². The van der Waals surface area contributed by atoms with Crippen LogP contribution in [0.15, 0.2) is 52.3 Å². The molecule has 1 aliphatic heterocycles. The summed E-state index contributed by atoms with van der Waals surface area (Å²) in [4.78, 5) is 2.66. The lowest BCUT2D eigenvalue weighted by Crippen LogP contribution is -2.00. The molecule has 0 bridgehead atoms. The number of hydrogen-bond donors (Lipinski definition) is 1. The Kier molecular flexibility index (Phi) is 2.81. The number of para-hydroxylation sites is 1. The minimum absolute atomic E-state index is 1.16. The van der Waals surface area contributed by atoms with Gasteiger partial charge in [-0.25, -0.2) is 0 Å². The van der Waals surface area contributed by atoms with Crippen LogP contribution in [-0.2, 0) is 6.42 Å². The van der Waals surface area contributed by atoms with Gasteiger partial charge >= 0.3 is 0 Å². The Bertz CT molecular complexity index is 548. The molecule has 1 N–H and O–H groups in total. The first kappa shape index (κ1) is 10.7. The van der Waals surface area contributed by atoms with Crippen LogP contribution in [0.3, 0.4) is 0 Å². The molecule has 0 aliphatic carbocycles. The minimum Gasteiger partial charge on any atom is -0.354 e. The summed E-state index contributed by atoms with van der Waals surface area (Å²) < 4.78 is 0. The van der Waals surface area contributed by atoms with E-state index >= 15 is 0 Å². The van der Waals surface area contributed by atoms with Gasteiger partial charge in [-0.1, -0.05) is 43.3 Å². The maximum atomic E-state index is 3.49. The second kappa shape index (κ2) is 4.46. The number of rotatable bonds is 2. The van der Waals surface area contributed by atoms with Gasteiger partial charge < -0.3 is 5.32 Å². The van der Waals surface area contributed by atoms with E-state index in [-0.39, 0.29) is 0 Å². The van der Waals surface area contributed by atoms with Crippen LogP contribution in [0.1, 0.15) is 18.9 Å². The first-order valence-electron chi connectivity index (χ1n) is 6.03. The molecule has 1 aliphatic rings. The van der Waals surface area contributed by atoms with Crippen molar-refractivity contribution in [1.82, 2.24) is 0 Å². The quantitative estimate of drug-likeness (QED) is 0.688. The smallest absolute Gasteiger partial charge is 0.0526 e. The predicted octanol–water partition coefficient (Wildman–Crippen LogP) is 4.85. The fourth-order valence-corrected chi connectivity index (χ4v) is 3.17. The summed E-state index contributed by atoms with van der Waals surface area (Å²) in [7, 11) is 0. The molecule has 0 aromatic heterocycles. The van der Waals surface area contributed by atoms with Crippen molar-refractivity contribution in [2.24, 2.45) is 0 Å². The minimum atomic E-state index is 1.16. The third-order valence-corrected chi connectivity index (χ3v) is 4.09. The average molecular weight is 241 g/mol. The summed E-state index contributed by atoms with van der Waals surface area (Å²) in [6.45, 7) is 2.22. The number of benzene rings is 2. The molecule has 86 valence electrons. The molecule has 3 rings (SSSR count). The van der Waals surface area contributed by atoms with Gasteiger partial charge in [0, 0.05) is 9.79 Å². The van der Waals surface area contributed by atoms with Crippen molar-refractivity contribution in [3.63, 3.8) is 0 Å². The Morgan fingerprint density at radius 1 is 1.00 bits per heavy atom. The zero-order valence-electron chi connectivity index (χ0n) is 9.86. The highest BCUT2D eigenvalue weighted by Gasteiger charge is 2.14. The molecule has 0 atom stereocenters. The molecule has 1 nitrogen and oxygen atoms in total. The Morgan fingerprint density at radius 3 is 2.71 bits per heavy atom. The van der Waals surface area contributed by atoms with Gasteiger partial charge in [0.25, 0.3) is 0 Å². The molecule has 0 unspecified atom stereocenters. The Balaban J connectivity index is 1.97. The van der Waals surface area contributed by atoms with Gasteiger partial charge in [-0.05, 0) is 36.2 Å². The highest BCUT2D eigenvalue weighted by atomic mass is 32.2. The molecule has 0 amide bonds. The van der Waals surface area contributed by atoms with Crippen LogP contribution in [-0.4, -0.2) is 0 Å². The molecule has 1 heterocycles. The van der Waals surface area contributed by atoms with Crippen molar-refractivity contribution in [2.45, 2.75) is 29.6 Å². The lowest BCUT2D eigenvalue weighted by molar-refractivity contribution is 0.918. The molecule has 2 aromatic carbocycles. The Morgan fingerprint density at radius 2 is 1.82 bits per heavy atom. The summed E-state index contributed by atoms with van der Waals surface area (Å²) in [5.41, 5.74) is 3.88.